The van der Waals surface area contributed by atoms with Crippen molar-refractivity contribution >= 4 is 65.0 Å². The Morgan fingerprint density at radius 3 is 2.60 bits per heavy atom. The van der Waals surface area contributed by atoms with Crippen LogP contribution in [0.2, 0.25) is 0 Å². The molecule has 47 heavy (non-hydrogen) atoms. The second kappa shape index (κ2) is 17.6. The van der Waals surface area contributed by atoms with Crippen LogP contribution in [0.3, 0.4) is 0 Å². The standard InChI is InChI=1S/C35H48IN5O6/c1-9-11-14-31(42)39-30(21-46-24(5)36-35(6,7)8)32(43)38-22(3)33(44)41-17-12-13-29(40-41)34(45)47-23(4)25-15-16-26-20-37-28(10-2)19-27(26)18-25/h9-11,15-16,18-20,22-23,29-30,40H,2,12-14,17,21H2,1,3-8H3,(H,38,43)(H,39,42)/b11-9+/t22-,23+,29?,30?/m0/s1. The van der Waals surface area contributed by atoms with Crippen LogP contribution >= 0.6 is 20.7 Å². The van der Waals surface area contributed by atoms with Crippen molar-refractivity contribution in [2.45, 2.75) is 95.4 Å². The number of carbonyl (C=O) groups excluding carboxylic acids is 4. The van der Waals surface area contributed by atoms with E-state index < -0.39 is 62.7 Å². The number of amides is 3. The number of nitrogens with zero attached hydrogens (tertiary/aromatic N) is 2. The van der Waals surface area contributed by atoms with Crippen molar-refractivity contribution < 1.29 is 28.7 Å². The number of benzene rings is 1. The number of hydrazine groups is 1. The summed E-state index contributed by atoms with van der Waals surface area (Å²) >= 11 is -0.414. The summed E-state index contributed by atoms with van der Waals surface area (Å²) in [6.07, 6.45) is 7.57. The molecule has 1 aromatic carbocycles. The molecule has 0 spiro atoms. The van der Waals surface area contributed by atoms with Gasteiger partial charge in [-0.25, -0.2) is 5.43 Å². The molecule has 3 amide bonds. The van der Waals surface area contributed by atoms with Gasteiger partial charge in [-0.1, -0.05) is 72.4 Å². The highest BCUT2D eigenvalue weighted by atomic mass is 127. The summed E-state index contributed by atoms with van der Waals surface area (Å²) in [4.78, 5) is 56.6. The summed E-state index contributed by atoms with van der Waals surface area (Å²) in [5.41, 5.74) is 4.58. The first-order valence-corrected chi connectivity index (χ1v) is 18.0. The number of hydrogen-bond acceptors (Lipinski definition) is 8. The van der Waals surface area contributed by atoms with Gasteiger partial charge in [-0.2, -0.15) is 0 Å². The number of allylic oxidation sites excluding steroid dienone is 1. The number of pyridine rings is 1. The lowest BCUT2D eigenvalue weighted by molar-refractivity contribution is -0.157. The molecule has 3 rings (SSSR count). The van der Waals surface area contributed by atoms with Crippen molar-refractivity contribution in [1.82, 2.24) is 26.1 Å². The number of esters is 1. The molecule has 1 saturated heterocycles. The summed E-state index contributed by atoms with van der Waals surface area (Å²) in [6, 6.07) is 5.06. The first-order valence-electron chi connectivity index (χ1n) is 15.8. The van der Waals surface area contributed by atoms with Crippen LogP contribution in [0.1, 0.15) is 85.1 Å². The maximum absolute atomic E-state index is 13.4. The molecule has 1 aliphatic heterocycles. The summed E-state index contributed by atoms with van der Waals surface area (Å²) in [7, 11) is 0. The van der Waals surface area contributed by atoms with Gasteiger partial charge >= 0.3 is 5.97 Å². The van der Waals surface area contributed by atoms with Crippen LogP contribution in [0.15, 0.2) is 49.2 Å². The van der Waals surface area contributed by atoms with Crippen molar-refractivity contribution in [2.24, 2.45) is 0 Å². The quantitative estimate of drug-likeness (QED) is 0.114. The van der Waals surface area contributed by atoms with Gasteiger partial charge in [0.1, 0.15) is 24.2 Å². The third kappa shape index (κ3) is 11.9. The minimum atomic E-state index is -0.991. The summed E-state index contributed by atoms with van der Waals surface area (Å²) in [5.74, 6) is -1.75. The smallest absolute Gasteiger partial charge is 0.325 e. The van der Waals surface area contributed by atoms with Gasteiger partial charge in [-0.05, 0) is 69.7 Å². The van der Waals surface area contributed by atoms with Crippen molar-refractivity contribution in [3.63, 3.8) is 0 Å². The third-order valence-electron chi connectivity index (χ3n) is 7.26. The molecule has 2 aromatic rings. The van der Waals surface area contributed by atoms with Crippen LogP contribution in [-0.2, 0) is 28.7 Å². The number of ether oxygens (including phenoxy) is 2. The zero-order valence-corrected chi connectivity index (χ0v) is 30.6. The van der Waals surface area contributed by atoms with E-state index in [0.29, 0.717) is 19.4 Å². The molecule has 2 heterocycles. The number of fused-ring (bicyclic) bond motifs is 1. The average Bonchev–Trinajstić information content (AvgIpc) is 3.03. The Balaban J connectivity index is 1.61. The van der Waals surface area contributed by atoms with Gasteiger partial charge in [0.05, 0.1) is 16.0 Å². The Morgan fingerprint density at radius 1 is 1.17 bits per heavy atom. The molecule has 2 unspecified atom stereocenters. The van der Waals surface area contributed by atoms with Gasteiger partial charge in [-0.15, -0.1) is 0 Å². The van der Waals surface area contributed by atoms with E-state index in [9.17, 15) is 19.2 Å². The predicted octanol–water partition coefficient (Wildman–Crippen LogP) is 4.87. The van der Waals surface area contributed by atoms with E-state index in [0.717, 1.165) is 25.7 Å². The van der Waals surface area contributed by atoms with Crippen molar-refractivity contribution in [1.29, 1.82) is 0 Å². The molecule has 0 bridgehead atoms. The number of nitrogens with one attached hydrogen (secondary N) is 3. The zero-order valence-electron chi connectivity index (χ0n) is 28.4. The van der Waals surface area contributed by atoms with E-state index >= 15 is 0 Å². The number of aromatic nitrogens is 1. The lowest BCUT2D eigenvalue weighted by Crippen LogP contribution is -2.61. The molecular formula is C35H48IN5O6. The largest absolute Gasteiger partial charge is 0.457 e. The van der Waals surface area contributed by atoms with Crippen LogP contribution in [-0.4, -0.2) is 72.1 Å². The van der Waals surface area contributed by atoms with Gasteiger partial charge in [0.25, 0.3) is 5.91 Å². The molecule has 0 saturated carbocycles. The highest BCUT2D eigenvalue weighted by molar-refractivity contribution is 14.2. The first kappa shape index (κ1) is 38.0. The van der Waals surface area contributed by atoms with E-state index in [1.807, 2.05) is 38.1 Å². The fourth-order valence-electron chi connectivity index (χ4n) is 4.88. The second-order valence-electron chi connectivity index (χ2n) is 12.4. The number of rotatable bonds is 13. The minimum Gasteiger partial charge on any atom is -0.457 e. The van der Waals surface area contributed by atoms with E-state index in [1.165, 1.54) is 5.01 Å². The lowest BCUT2D eigenvalue weighted by atomic mass is 10.0. The summed E-state index contributed by atoms with van der Waals surface area (Å²) in [5, 5.41) is 8.73. The Bertz CT molecular complexity index is 1520. The Hall–Kier alpha value is -3.49. The fourth-order valence-corrected chi connectivity index (χ4v) is 7.49. The molecule has 256 valence electrons. The number of carbonyl (C=O) groups is 4. The zero-order chi connectivity index (χ0) is 34.7. The molecule has 4 atom stereocenters. The Kier molecular flexibility index (Phi) is 14.2. The first-order chi connectivity index (χ1) is 22.2. The van der Waals surface area contributed by atoms with Gasteiger partial charge < -0.3 is 20.1 Å². The Morgan fingerprint density at radius 2 is 1.91 bits per heavy atom. The molecule has 1 aromatic heterocycles. The minimum absolute atomic E-state index is 0.0481. The van der Waals surface area contributed by atoms with E-state index in [2.05, 4.69) is 48.4 Å². The number of halogens is 1. The van der Waals surface area contributed by atoms with Crippen LogP contribution < -0.4 is 16.1 Å². The normalized spacial score (nSPS) is 17.7. The van der Waals surface area contributed by atoms with Crippen molar-refractivity contribution in [3.05, 3.63) is 60.5 Å². The monoisotopic (exact) mass is 761 g/mol. The van der Waals surface area contributed by atoms with Crippen LogP contribution in [0.25, 0.3) is 16.8 Å². The number of hydrogen-bond donors (Lipinski definition) is 3. The average molecular weight is 762 g/mol. The predicted molar refractivity (Wildman–Crippen MR) is 194 cm³/mol. The second-order valence-corrected chi connectivity index (χ2v) is 17.7. The Labute approximate surface area is 287 Å². The lowest BCUT2D eigenvalue weighted by Gasteiger charge is -2.35. The van der Waals surface area contributed by atoms with Gasteiger partial charge in [0, 0.05) is 28.0 Å². The van der Waals surface area contributed by atoms with Gasteiger partial charge in [0.2, 0.25) is 11.8 Å². The molecule has 0 aliphatic carbocycles. The molecule has 12 heteroatoms. The van der Waals surface area contributed by atoms with Crippen molar-refractivity contribution in [2.75, 3.05) is 13.2 Å². The van der Waals surface area contributed by atoms with E-state index in [4.69, 9.17) is 9.47 Å². The van der Waals surface area contributed by atoms with Gasteiger partial charge in [0.15, 0.2) is 0 Å². The third-order valence-corrected chi connectivity index (χ3v) is 9.95. The number of alkyl halides is 1. The highest BCUT2D eigenvalue weighted by Gasteiger charge is 2.33. The molecule has 0 radical (unpaired) electrons. The van der Waals surface area contributed by atoms with E-state index in [1.54, 1.807) is 38.3 Å². The fraction of sp³-hybridized carbons (Fsp3) is 0.486. The topological polar surface area (TPSA) is 139 Å². The SMILES string of the molecule is C=Cc1cc2cc([C@@H](C)OC(=O)C3CCCN(C(=O)[C@H](C)NC(=O)C(COC(C)=IC(C)(C)C)NC(=O)C/C=C/C)N3)ccc2cn1. The molecule has 3 N–H and O–H groups in total. The molecule has 11 nitrogen and oxygen atoms in total. The van der Waals surface area contributed by atoms with Crippen molar-refractivity contribution in [3.8, 4) is 0 Å². The van der Waals surface area contributed by atoms with Crippen LogP contribution in [0.5, 0.6) is 0 Å². The van der Waals surface area contributed by atoms with E-state index in [-0.39, 0.29) is 22.4 Å². The molecule has 1 fully saturated rings. The van der Waals surface area contributed by atoms with Crippen LogP contribution in [0, 0.1) is 0 Å². The van der Waals surface area contributed by atoms with Crippen LogP contribution in [0.4, 0.5) is 0 Å². The highest BCUT2D eigenvalue weighted by Crippen LogP contribution is 2.25. The molecular weight excluding hydrogens is 713 g/mol. The maximum atomic E-state index is 13.4. The summed E-state index contributed by atoms with van der Waals surface area (Å²) in [6.45, 7) is 17.5. The summed E-state index contributed by atoms with van der Waals surface area (Å²) < 4.78 is 12.7. The maximum Gasteiger partial charge on any atom is 0.325 e. The molecule has 1 aliphatic rings. The van der Waals surface area contributed by atoms with Gasteiger partial charge in [-0.3, -0.25) is 29.2 Å².